The number of hydrogen-bond acceptors (Lipinski definition) is 6. The average molecular weight is 522 g/mol. The number of nitrogens with one attached hydrogen (secondary N) is 1. The van der Waals surface area contributed by atoms with E-state index in [2.05, 4.69) is 15.3 Å². The molecule has 0 unspecified atom stereocenters. The number of benzene rings is 2. The number of nitrogen functional groups attached to an aromatic ring is 1. The fraction of sp³-hybridized carbons (Fsp3) is 0.357. The highest BCUT2D eigenvalue weighted by Gasteiger charge is 2.32. The topological polar surface area (TPSA) is 110 Å². The molecule has 2 aliphatic rings. The van der Waals surface area contributed by atoms with Crippen molar-refractivity contribution in [3.05, 3.63) is 65.0 Å². The molecule has 1 aliphatic heterocycles. The third kappa shape index (κ3) is 5.03. The van der Waals surface area contributed by atoms with E-state index in [0.29, 0.717) is 30.0 Å². The lowest BCUT2D eigenvalue weighted by atomic mass is 10.0. The molecule has 3 aromatic rings. The van der Waals surface area contributed by atoms with E-state index >= 15 is 0 Å². The van der Waals surface area contributed by atoms with Crippen molar-refractivity contribution in [1.82, 2.24) is 14.9 Å². The van der Waals surface area contributed by atoms with Gasteiger partial charge < -0.3 is 20.7 Å². The van der Waals surface area contributed by atoms with Crippen molar-refractivity contribution in [3.63, 3.8) is 0 Å². The maximum absolute atomic E-state index is 14.8. The van der Waals surface area contributed by atoms with Crippen molar-refractivity contribution in [3.8, 4) is 17.0 Å². The number of ether oxygens (including phenoxy) is 1. The van der Waals surface area contributed by atoms with Crippen LogP contribution in [0.2, 0.25) is 0 Å². The summed E-state index contributed by atoms with van der Waals surface area (Å²) in [6.07, 6.45) is 4.48. The predicted octanol–water partition coefficient (Wildman–Crippen LogP) is 4.83. The molecule has 1 saturated carbocycles. The van der Waals surface area contributed by atoms with Crippen molar-refractivity contribution < 1.29 is 23.1 Å². The lowest BCUT2D eigenvalue weighted by Crippen LogP contribution is -2.53. The molecule has 1 atom stereocenters. The van der Waals surface area contributed by atoms with Gasteiger partial charge in [-0.25, -0.2) is 18.7 Å². The number of nitrogens with two attached hydrogens (primary N) is 1. The van der Waals surface area contributed by atoms with E-state index in [0.717, 1.165) is 24.8 Å². The number of carbonyl (C=O) groups is 2. The smallest absolute Gasteiger partial charge is 0.258 e. The molecule has 5 rings (SSSR count). The Morgan fingerprint density at radius 2 is 1.95 bits per heavy atom. The molecule has 0 radical (unpaired) electrons. The highest BCUT2D eigenvalue weighted by atomic mass is 19.1. The van der Waals surface area contributed by atoms with Crippen LogP contribution in [0, 0.1) is 18.6 Å². The first kappa shape index (κ1) is 25.6. The Kier molecular flexibility index (Phi) is 6.96. The van der Waals surface area contributed by atoms with Crippen molar-refractivity contribution in [1.29, 1.82) is 0 Å². The van der Waals surface area contributed by atoms with E-state index < -0.39 is 17.5 Å². The van der Waals surface area contributed by atoms with Crippen LogP contribution in [0.25, 0.3) is 11.3 Å². The summed E-state index contributed by atoms with van der Waals surface area (Å²) in [6.45, 7) is 4.35. The van der Waals surface area contributed by atoms with Gasteiger partial charge in [0.05, 0.1) is 11.6 Å². The van der Waals surface area contributed by atoms with Crippen LogP contribution < -0.4 is 15.8 Å². The van der Waals surface area contributed by atoms with Crippen LogP contribution in [0.1, 0.15) is 60.0 Å². The normalized spacial score (nSPS) is 16.6. The number of likely N-dealkylation sites (tertiary alicyclic amines) is 1. The molecule has 198 valence electrons. The van der Waals surface area contributed by atoms with Gasteiger partial charge in [-0.15, -0.1) is 0 Å². The molecule has 0 spiro atoms. The quantitative estimate of drug-likeness (QED) is 0.439. The van der Waals surface area contributed by atoms with Crippen molar-refractivity contribution >= 4 is 23.3 Å². The Bertz CT molecular complexity index is 1410. The Hall–Kier alpha value is -4.08. The number of amides is 2. The zero-order valence-corrected chi connectivity index (χ0v) is 21.3. The molecule has 10 heteroatoms. The van der Waals surface area contributed by atoms with Crippen LogP contribution in [0.15, 0.2) is 36.7 Å². The summed E-state index contributed by atoms with van der Waals surface area (Å²) < 4.78 is 35.5. The zero-order chi connectivity index (χ0) is 27.0. The van der Waals surface area contributed by atoms with Crippen LogP contribution in [-0.4, -0.2) is 45.9 Å². The Morgan fingerprint density at radius 3 is 2.61 bits per heavy atom. The van der Waals surface area contributed by atoms with Gasteiger partial charge in [0.1, 0.15) is 30.3 Å². The number of hydrogen-bond donors (Lipinski definition) is 2. The van der Waals surface area contributed by atoms with Gasteiger partial charge in [0.2, 0.25) is 5.91 Å². The third-order valence-electron chi connectivity index (χ3n) is 7.18. The van der Waals surface area contributed by atoms with Crippen LogP contribution in [0.4, 0.5) is 20.3 Å². The zero-order valence-electron chi connectivity index (χ0n) is 21.3. The summed E-state index contributed by atoms with van der Waals surface area (Å²) in [5.74, 6) is -1.31. The maximum atomic E-state index is 14.8. The minimum Gasteiger partial charge on any atom is -0.485 e. The van der Waals surface area contributed by atoms with Gasteiger partial charge in [-0.1, -0.05) is 13.0 Å². The highest BCUT2D eigenvalue weighted by Crippen LogP contribution is 2.41. The van der Waals surface area contributed by atoms with E-state index in [1.807, 2.05) is 0 Å². The molecule has 1 aliphatic carbocycles. The second-order valence-corrected chi connectivity index (χ2v) is 9.72. The first-order chi connectivity index (χ1) is 18.3. The lowest BCUT2D eigenvalue weighted by Gasteiger charge is -2.40. The summed E-state index contributed by atoms with van der Waals surface area (Å²) in [7, 11) is 0. The van der Waals surface area contributed by atoms with Crippen molar-refractivity contribution in [2.24, 2.45) is 0 Å². The largest absolute Gasteiger partial charge is 0.485 e. The average Bonchev–Trinajstić information content (AvgIpc) is 3.71. The number of halogens is 2. The van der Waals surface area contributed by atoms with E-state index in [-0.39, 0.29) is 47.1 Å². The molecule has 3 N–H and O–H groups in total. The molecular weight excluding hydrogens is 492 g/mol. The monoisotopic (exact) mass is 521 g/mol. The van der Waals surface area contributed by atoms with Crippen LogP contribution in [0.5, 0.6) is 5.75 Å². The Balaban J connectivity index is 1.40. The molecule has 1 saturated heterocycles. The standard InChI is InChI=1S/C28H29F2N5O3/c1-3-24(36)35-9-8-19(35)13-38-26-25(32-14-33-27(26)31)21-11-18(29)12-23(15(21)2)34-28(37)20-7-6-17(10-22(20)30)16-4-5-16/h6-7,10-12,14,16,19H,3-5,8-9,13H2,1-2H3,(H,34,37)(H2,31,32,33)/t19-/m0/s1. The molecule has 2 amide bonds. The van der Waals surface area contributed by atoms with Gasteiger partial charge in [0.25, 0.3) is 5.91 Å². The minimum absolute atomic E-state index is 0.0438. The van der Waals surface area contributed by atoms with Gasteiger partial charge in [-0.05, 0) is 67.5 Å². The first-order valence-corrected chi connectivity index (χ1v) is 12.7. The van der Waals surface area contributed by atoms with Gasteiger partial charge in [-0.2, -0.15) is 0 Å². The number of carbonyl (C=O) groups excluding carboxylic acids is 2. The van der Waals surface area contributed by atoms with Crippen LogP contribution in [-0.2, 0) is 4.79 Å². The SMILES string of the molecule is CCC(=O)N1CC[C@H]1COc1c(N)ncnc1-c1cc(F)cc(NC(=O)c2ccc(C3CC3)cc2F)c1C. The first-order valence-electron chi connectivity index (χ1n) is 12.7. The maximum Gasteiger partial charge on any atom is 0.258 e. The predicted molar refractivity (Wildman–Crippen MR) is 139 cm³/mol. The minimum atomic E-state index is -0.686. The Labute approximate surface area is 219 Å². The van der Waals surface area contributed by atoms with Crippen molar-refractivity contribution in [2.75, 3.05) is 24.2 Å². The second kappa shape index (κ2) is 10.4. The van der Waals surface area contributed by atoms with Gasteiger partial charge >= 0.3 is 0 Å². The number of aromatic nitrogens is 2. The summed E-state index contributed by atoms with van der Waals surface area (Å²) in [5.41, 5.74) is 8.09. The van der Waals surface area contributed by atoms with E-state index in [9.17, 15) is 18.4 Å². The third-order valence-corrected chi connectivity index (χ3v) is 7.18. The molecular formula is C28H29F2N5O3. The molecule has 2 heterocycles. The lowest BCUT2D eigenvalue weighted by molar-refractivity contribution is -0.139. The van der Waals surface area contributed by atoms with Crippen molar-refractivity contribution in [2.45, 2.75) is 51.5 Å². The van der Waals surface area contributed by atoms with E-state index in [4.69, 9.17) is 10.5 Å². The summed E-state index contributed by atoms with van der Waals surface area (Å²) in [5, 5.41) is 2.63. The molecule has 8 nitrogen and oxygen atoms in total. The fourth-order valence-electron chi connectivity index (χ4n) is 4.68. The second-order valence-electron chi connectivity index (χ2n) is 9.72. The summed E-state index contributed by atoms with van der Waals surface area (Å²) in [4.78, 5) is 35.0. The highest BCUT2D eigenvalue weighted by molar-refractivity contribution is 6.05. The molecule has 2 aromatic carbocycles. The molecule has 0 bridgehead atoms. The van der Waals surface area contributed by atoms with Crippen LogP contribution >= 0.6 is 0 Å². The number of rotatable bonds is 8. The molecule has 2 fully saturated rings. The van der Waals surface area contributed by atoms with Gasteiger partial charge in [0.15, 0.2) is 11.6 Å². The number of nitrogens with zero attached hydrogens (tertiary/aromatic N) is 3. The van der Waals surface area contributed by atoms with Gasteiger partial charge in [0, 0.05) is 24.2 Å². The Morgan fingerprint density at radius 1 is 1.16 bits per heavy atom. The molecule has 38 heavy (non-hydrogen) atoms. The number of anilines is 2. The van der Waals surface area contributed by atoms with Crippen LogP contribution in [0.3, 0.4) is 0 Å². The summed E-state index contributed by atoms with van der Waals surface area (Å²) >= 11 is 0. The molecule has 1 aromatic heterocycles. The fourth-order valence-corrected chi connectivity index (χ4v) is 4.68. The van der Waals surface area contributed by atoms with E-state index in [1.165, 1.54) is 30.6 Å². The summed E-state index contributed by atoms with van der Waals surface area (Å²) in [6, 6.07) is 6.93. The van der Waals surface area contributed by atoms with E-state index in [1.54, 1.807) is 24.8 Å². The van der Waals surface area contributed by atoms with Gasteiger partial charge in [-0.3, -0.25) is 9.59 Å².